The summed E-state index contributed by atoms with van der Waals surface area (Å²) < 4.78 is 2.07. The molecule has 1 saturated carbocycles. The van der Waals surface area contributed by atoms with Gasteiger partial charge in [-0.15, -0.1) is 11.3 Å². The summed E-state index contributed by atoms with van der Waals surface area (Å²) in [5.74, 6) is -0.555. The van der Waals surface area contributed by atoms with Gasteiger partial charge in [-0.25, -0.2) is 0 Å². The molecule has 8 heteroatoms. The van der Waals surface area contributed by atoms with Crippen LogP contribution in [0.25, 0.3) is 0 Å². The molecule has 5 atom stereocenters. The van der Waals surface area contributed by atoms with E-state index >= 15 is 0 Å². The minimum atomic E-state index is -0.606. The van der Waals surface area contributed by atoms with Gasteiger partial charge in [-0.2, -0.15) is 0 Å². The van der Waals surface area contributed by atoms with Crippen LogP contribution in [0.1, 0.15) is 43.4 Å². The van der Waals surface area contributed by atoms with E-state index in [1.165, 1.54) is 4.88 Å². The Balaban J connectivity index is 1.83. The van der Waals surface area contributed by atoms with E-state index in [1.807, 2.05) is 24.3 Å². The number of aliphatic hydroxyl groups is 3. The van der Waals surface area contributed by atoms with Crippen molar-refractivity contribution in [2.24, 2.45) is 17.6 Å². The summed E-state index contributed by atoms with van der Waals surface area (Å²) in [7, 11) is 0. The molecule has 3 unspecified atom stereocenters. The lowest BCUT2D eigenvalue weighted by Crippen LogP contribution is -2.20. The van der Waals surface area contributed by atoms with Crippen LogP contribution in [0.5, 0.6) is 0 Å². The fourth-order valence-corrected chi connectivity index (χ4v) is 5.82. The molecule has 1 amide bonds. The summed E-state index contributed by atoms with van der Waals surface area (Å²) in [5.41, 5.74) is 5.12. The Hall–Kier alpha value is -0.510. The Morgan fingerprint density at radius 2 is 2.07 bits per heavy atom. The molecule has 0 bridgehead atoms. The average Bonchev–Trinajstić information content (AvgIpc) is 3.11. The number of nitrogens with two attached hydrogens (primary N) is 1. The summed E-state index contributed by atoms with van der Waals surface area (Å²) in [6.07, 6.45) is 10.1. The number of thiophene rings is 1. The first-order chi connectivity index (χ1) is 13.8. The van der Waals surface area contributed by atoms with Crippen molar-refractivity contribution in [2.75, 3.05) is 0 Å². The molecule has 0 saturated heterocycles. The van der Waals surface area contributed by atoms with Gasteiger partial charge in [0.1, 0.15) is 0 Å². The molecule has 5 N–H and O–H groups in total. The van der Waals surface area contributed by atoms with Crippen LogP contribution in [-0.2, 0) is 11.2 Å². The smallest absolute Gasteiger partial charge is 0.217 e. The van der Waals surface area contributed by atoms with Gasteiger partial charge in [0.15, 0.2) is 0 Å². The van der Waals surface area contributed by atoms with E-state index in [4.69, 9.17) is 5.73 Å². The Bertz CT molecular complexity index is 702. The quantitative estimate of drug-likeness (QED) is 0.246. The molecule has 0 aromatic carbocycles. The Morgan fingerprint density at radius 1 is 1.31 bits per heavy atom. The molecule has 5 nitrogen and oxygen atoms in total. The van der Waals surface area contributed by atoms with E-state index in [2.05, 4.69) is 31.9 Å². The molecule has 29 heavy (non-hydrogen) atoms. The second-order valence-corrected chi connectivity index (χ2v) is 10.8. The van der Waals surface area contributed by atoms with Gasteiger partial charge in [0, 0.05) is 28.1 Å². The van der Waals surface area contributed by atoms with Crippen molar-refractivity contribution in [2.45, 2.75) is 63.3 Å². The number of rotatable bonds is 11. The topological polar surface area (TPSA) is 104 Å². The number of unbranched alkanes of at least 4 members (excludes halogenated alkanes) is 1. The Kier molecular flexibility index (Phi) is 10.6. The van der Waals surface area contributed by atoms with E-state index in [-0.39, 0.29) is 17.7 Å². The third-order valence-corrected chi connectivity index (χ3v) is 8.54. The van der Waals surface area contributed by atoms with Crippen LogP contribution in [0.15, 0.2) is 38.6 Å². The van der Waals surface area contributed by atoms with Crippen LogP contribution < -0.4 is 5.73 Å². The van der Waals surface area contributed by atoms with Crippen molar-refractivity contribution in [1.82, 2.24) is 0 Å². The van der Waals surface area contributed by atoms with Gasteiger partial charge in [0.05, 0.1) is 22.1 Å². The third-order valence-electron chi connectivity index (χ3n) is 5.22. The van der Waals surface area contributed by atoms with Gasteiger partial charge in [-0.05, 0) is 75.9 Å². The third kappa shape index (κ3) is 8.26. The highest BCUT2D eigenvalue weighted by molar-refractivity contribution is 9.13. The van der Waals surface area contributed by atoms with Crippen LogP contribution in [0.3, 0.4) is 0 Å². The fraction of sp³-hybridized carbons (Fsp3) is 0.571. The first kappa shape index (κ1) is 24.8. The maximum Gasteiger partial charge on any atom is 0.217 e. The van der Waals surface area contributed by atoms with E-state index < -0.39 is 18.3 Å². The van der Waals surface area contributed by atoms with Crippen molar-refractivity contribution in [1.29, 1.82) is 0 Å². The highest BCUT2D eigenvalue weighted by atomic mass is 79.9. The number of primary amides is 1. The lowest BCUT2D eigenvalue weighted by molar-refractivity contribution is -0.118. The number of hydrogen-bond acceptors (Lipinski definition) is 5. The zero-order valence-corrected chi connectivity index (χ0v) is 20.2. The maximum absolute atomic E-state index is 10.7. The van der Waals surface area contributed by atoms with Crippen LogP contribution >= 0.6 is 43.2 Å². The summed E-state index contributed by atoms with van der Waals surface area (Å²) in [5, 5.41) is 30.9. The van der Waals surface area contributed by atoms with Gasteiger partial charge in [0.2, 0.25) is 5.91 Å². The molecule has 1 aromatic rings. The minimum Gasteiger partial charge on any atom is -0.393 e. The molecule has 0 radical (unpaired) electrons. The SMILES string of the molecule is NC(=O)CCCC=CC[C@H]1C(O)CC(O)[C@@H]1C=CC(O)CCc1cc(Br)c(Br)s1. The van der Waals surface area contributed by atoms with E-state index in [1.54, 1.807) is 17.4 Å². The number of allylic oxidation sites excluding steroid dienone is 2. The number of aryl methyl sites for hydroxylation is 1. The van der Waals surface area contributed by atoms with Crippen molar-refractivity contribution in [3.05, 3.63) is 43.5 Å². The Labute approximate surface area is 193 Å². The zero-order valence-electron chi connectivity index (χ0n) is 16.2. The van der Waals surface area contributed by atoms with Gasteiger partial charge in [0.25, 0.3) is 0 Å². The molecule has 2 rings (SSSR count). The molecule has 1 aliphatic rings. The van der Waals surface area contributed by atoms with Crippen molar-refractivity contribution < 1.29 is 20.1 Å². The maximum atomic E-state index is 10.7. The highest BCUT2D eigenvalue weighted by Crippen LogP contribution is 2.36. The van der Waals surface area contributed by atoms with Gasteiger partial charge in [-0.1, -0.05) is 24.3 Å². The fourth-order valence-electron chi connectivity index (χ4n) is 3.63. The second-order valence-electron chi connectivity index (χ2n) is 7.50. The van der Waals surface area contributed by atoms with Crippen LogP contribution in [0.2, 0.25) is 0 Å². The van der Waals surface area contributed by atoms with Crippen LogP contribution in [-0.4, -0.2) is 39.5 Å². The zero-order chi connectivity index (χ0) is 21.4. The predicted molar refractivity (Wildman–Crippen MR) is 124 cm³/mol. The normalized spacial score (nSPS) is 26.0. The Morgan fingerprint density at radius 3 is 2.72 bits per heavy atom. The van der Waals surface area contributed by atoms with Crippen molar-refractivity contribution in [3.63, 3.8) is 0 Å². The predicted octanol–water partition coefficient (Wildman–Crippen LogP) is 4.08. The number of aliphatic hydroxyl groups excluding tert-OH is 3. The number of halogens is 2. The summed E-state index contributed by atoms with van der Waals surface area (Å²) in [6.45, 7) is 0. The van der Waals surface area contributed by atoms with Gasteiger partial charge >= 0.3 is 0 Å². The van der Waals surface area contributed by atoms with E-state index in [0.717, 1.165) is 21.1 Å². The molecule has 1 aromatic heterocycles. The molecule has 1 fully saturated rings. The van der Waals surface area contributed by atoms with Gasteiger partial charge < -0.3 is 21.1 Å². The molecule has 1 heterocycles. The minimum absolute atomic E-state index is 0.0787. The molecule has 1 aliphatic carbocycles. The highest BCUT2D eigenvalue weighted by Gasteiger charge is 2.39. The number of carbonyl (C=O) groups excluding carboxylic acids is 1. The van der Waals surface area contributed by atoms with Crippen molar-refractivity contribution in [3.8, 4) is 0 Å². The lowest BCUT2D eigenvalue weighted by Gasteiger charge is -2.19. The van der Waals surface area contributed by atoms with Crippen LogP contribution in [0, 0.1) is 11.8 Å². The van der Waals surface area contributed by atoms with Crippen LogP contribution in [0.4, 0.5) is 0 Å². The average molecular weight is 551 g/mol. The summed E-state index contributed by atoms with van der Waals surface area (Å²) >= 11 is 8.59. The second kappa shape index (κ2) is 12.4. The monoisotopic (exact) mass is 549 g/mol. The number of carbonyl (C=O) groups is 1. The number of hydrogen-bond donors (Lipinski definition) is 4. The standard InChI is InChI=1S/C21H29Br2NO4S/c22-17-11-14(29-21(17)23)9-7-13(25)8-10-16-15(18(26)12-19(16)27)5-3-1-2-4-6-20(24)28/h1,3,8,10-11,13,15-16,18-19,25-27H,2,4-7,9,12H2,(H2,24,28)/t13?,15-,16-,18?,19?/m1/s1. The number of amides is 1. The summed E-state index contributed by atoms with van der Waals surface area (Å²) in [6, 6.07) is 2.05. The van der Waals surface area contributed by atoms with Gasteiger partial charge in [-0.3, -0.25) is 4.79 Å². The molecule has 0 spiro atoms. The molecular weight excluding hydrogens is 522 g/mol. The first-order valence-corrected chi connectivity index (χ1v) is 12.3. The largest absolute Gasteiger partial charge is 0.393 e. The van der Waals surface area contributed by atoms with E-state index in [0.29, 0.717) is 32.1 Å². The first-order valence-electron chi connectivity index (χ1n) is 9.87. The van der Waals surface area contributed by atoms with E-state index in [9.17, 15) is 20.1 Å². The molecule has 162 valence electrons. The summed E-state index contributed by atoms with van der Waals surface area (Å²) in [4.78, 5) is 11.9. The lowest BCUT2D eigenvalue weighted by atomic mass is 9.89. The molecular formula is C21H29Br2NO4S. The van der Waals surface area contributed by atoms with Crippen molar-refractivity contribution >= 4 is 49.1 Å². The molecule has 0 aliphatic heterocycles.